The fraction of sp³-hybridized carbons (Fsp3) is 1.00. The molecule has 3 heteroatoms. The summed E-state index contributed by atoms with van der Waals surface area (Å²) in [5.74, 6) is 0. The maximum atomic E-state index is 3.24. The van der Waals surface area contributed by atoms with Gasteiger partial charge in [0.15, 0.2) is 0 Å². The fourth-order valence-corrected chi connectivity index (χ4v) is 2.59. The maximum absolute atomic E-state index is 3.24. The van der Waals surface area contributed by atoms with Crippen molar-refractivity contribution in [1.29, 1.82) is 0 Å². The van der Waals surface area contributed by atoms with Crippen LogP contribution in [0.4, 0.5) is 0 Å². The smallest absolute Gasteiger partial charge is 0.0238 e. The van der Waals surface area contributed by atoms with Crippen LogP contribution < -0.4 is 5.32 Å². The maximum Gasteiger partial charge on any atom is 0.0238 e. The lowest BCUT2D eigenvalue weighted by Crippen LogP contribution is -2.56. The molecule has 1 fully saturated rings. The van der Waals surface area contributed by atoms with E-state index < -0.39 is 0 Å². The van der Waals surface area contributed by atoms with Gasteiger partial charge in [0.05, 0.1) is 0 Å². The molecule has 0 aromatic rings. The molecule has 1 aliphatic heterocycles. The third-order valence-electron chi connectivity index (χ3n) is 3.23. The topological polar surface area (TPSA) is 18.5 Å². The van der Waals surface area contributed by atoms with Crippen molar-refractivity contribution in [2.75, 3.05) is 40.3 Å². The van der Waals surface area contributed by atoms with Gasteiger partial charge in [-0.1, -0.05) is 6.92 Å². The number of rotatable bonds is 4. The molecule has 2 unspecified atom stereocenters. The van der Waals surface area contributed by atoms with Gasteiger partial charge in [-0.3, -0.25) is 4.90 Å². The predicted molar refractivity (Wildman–Crippen MR) is 61.7 cm³/mol. The minimum Gasteiger partial charge on any atom is -0.320 e. The average Bonchev–Trinajstić information content (AvgIpc) is 2.14. The molecule has 0 amide bonds. The van der Waals surface area contributed by atoms with Crippen LogP contribution in [0.3, 0.4) is 0 Å². The second-order valence-corrected chi connectivity index (χ2v) is 4.45. The largest absolute Gasteiger partial charge is 0.320 e. The molecule has 0 saturated carbocycles. The highest BCUT2D eigenvalue weighted by Gasteiger charge is 2.28. The van der Waals surface area contributed by atoms with Gasteiger partial charge in [0, 0.05) is 25.2 Å². The molecule has 0 bridgehead atoms. The number of hydrogen-bond donors (Lipinski definition) is 1. The second kappa shape index (κ2) is 5.69. The first-order chi connectivity index (χ1) is 6.69. The highest BCUT2D eigenvalue weighted by atomic mass is 15.3. The number of nitrogens with one attached hydrogen (secondary N) is 1. The van der Waals surface area contributed by atoms with E-state index in [9.17, 15) is 0 Å². The second-order valence-electron chi connectivity index (χ2n) is 4.45. The first kappa shape index (κ1) is 12.0. The lowest BCUT2D eigenvalue weighted by Gasteiger charge is -2.44. The molecule has 0 radical (unpaired) electrons. The number of piperazine rings is 1. The molecule has 3 nitrogen and oxygen atoms in total. The van der Waals surface area contributed by atoms with Gasteiger partial charge >= 0.3 is 0 Å². The average molecular weight is 199 g/mol. The Morgan fingerprint density at radius 2 is 2.07 bits per heavy atom. The van der Waals surface area contributed by atoms with E-state index in [1.807, 2.05) is 7.05 Å². The summed E-state index contributed by atoms with van der Waals surface area (Å²) in [4.78, 5) is 5.09. The monoisotopic (exact) mass is 199 g/mol. The third-order valence-corrected chi connectivity index (χ3v) is 3.23. The van der Waals surface area contributed by atoms with Crippen LogP contribution in [0.1, 0.15) is 20.3 Å². The van der Waals surface area contributed by atoms with E-state index in [4.69, 9.17) is 0 Å². The van der Waals surface area contributed by atoms with Gasteiger partial charge < -0.3 is 10.2 Å². The van der Waals surface area contributed by atoms with Gasteiger partial charge in [0.2, 0.25) is 0 Å². The van der Waals surface area contributed by atoms with E-state index in [-0.39, 0.29) is 0 Å². The molecule has 0 aliphatic carbocycles. The Balaban J connectivity index is 2.49. The van der Waals surface area contributed by atoms with E-state index >= 15 is 0 Å². The molecular formula is C11H25N3. The Morgan fingerprint density at radius 3 is 2.64 bits per heavy atom. The van der Waals surface area contributed by atoms with Crippen molar-refractivity contribution in [3.63, 3.8) is 0 Å². The Kier molecular flexibility index (Phi) is 4.85. The summed E-state index contributed by atoms with van der Waals surface area (Å²) in [6, 6.07) is 1.45. The molecule has 1 heterocycles. The molecule has 14 heavy (non-hydrogen) atoms. The molecule has 1 aliphatic rings. The quantitative estimate of drug-likeness (QED) is 0.716. The Labute approximate surface area is 88.5 Å². The summed E-state index contributed by atoms with van der Waals surface area (Å²) in [5, 5.41) is 3.24. The van der Waals surface area contributed by atoms with Crippen LogP contribution in [0, 0.1) is 0 Å². The van der Waals surface area contributed by atoms with Gasteiger partial charge in [0.1, 0.15) is 0 Å². The lowest BCUT2D eigenvalue weighted by molar-refractivity contribution is 0.0443. The Hall–Kier alpha value is -0.120. The zero-order chi connectivity index (χ0) is 10.6. The van der Waals surface area contributed by atoms with Crippen molar-refractivity contribution in [1.82, 2.24) is 15.1 Å². The summed E-state index contributed by atoms with van der Waals surface area (Å²) in [6.07, 6.45) is 1.26. The summed E-state index contributed by atoms with van der Waals surface area (Å²) in [5.41, 5.74) is 0. The highest BCUT2D eigenvalue weighted by Crippen LogP contribution is 2.16. The van der Waals surface area contributed by atoms with E-state index in [1.165, 1.54) is 26.1 Å². The van der Waals surface area contributed by atoms with Gasteiger partial charge in [-0.05, 0) is 40.5 Å². The number of hydrogen-bond acceptors (Lipinski definition) is 3. The third kappa shape index (κ3) is 2.94. The normalized spacial score (nSPS) is 30.9. The first-order valence-corrected chi connectivity index (χ1v) is 5.78. The molecule has 1 saturated heterocycles. The van der Waals surface area contributed by atoms with Crippen molar-refractivity contribution in [3.8, 4) is 0 Å². The summed E-state index contributed by atoms with van der Waals surface area (Å²) in [6.45, 7) is 9.36. The molecule has 0 aromatic heterocycles. The highest BCUT2D eigenvalue weighted by molar-refractivity contribution is 4.85. The van der Waals surface area contributed by atoms with Crippen molar-refractivity contribution >= 4 is 0 Å². The van der Waals surface area contributed by atoms with Crippen LogP contribution in [-0.2, 0) is 0 Å². The van der Waals surface area contributed by atoms with Gasteiger partial charge in [-0.15, -0.1) is 0 Å². The van der Waals surface area contributed by atoms with E-state index in [0.29, 0.717) is 6.04 Å². The van der Waals surface area contributed by atoms with Crippen molar-refractivity contribution in [2.24, 2.45) is 0 Å². The molecule has 0 aromatic carbocycles. The molecule has 1 N–H and O–H groups in total. The molecule has 0 spiro atoms. The number of nitrogens with zero attached hydrogens (tertiary/aromatic N) is 2. The van der Waals surface area contributed by atoms with Crippen LogP contribution >= 0.6 is 0 Å². The minimum atomic E-state index is 0.709. The van der Waals surface area contributed by atoms with E-state index in [2.05, 4.69) is 36.0 Å². The SMILES string of the molecule is CCN1C(C)CN(C)CC1CCNC. The van der Waals surface area contributed by atoms with Crippen LogP contribution in [-0.4, -0.2) is 62.2 Å². The van der Waals surface area contributed by atoms with Gasteiger partial charge in [0.25, 0.3) is 0 Å². The number of likely N-dealkylation sites (N-methyl/N-ethyl adjacent to an activating group) is 2. The first-order valence-electron chi connectivity index (χ1n) is 5.78. The van der Waals surface area contributed by atoms with Gasteiger partial charge in [-0.25, -0.2) is 0 Å². The van der Waals surface area contributed by atoms with Crippen molar-refractivity contribution in [3.05, 3.63) is 0 Å². The fourth-order valence-electron chi connectivity index (χ4n) is 2.59. The van der Waals surface area contributed by atoms with Crippen molar-refractivity contribution in [2.45, 2.75) is 32.4 Å². The van der Waals surface area contributed by atoms with Crippen LogP contribution in [0.25, 0.3) is 0 Å². The summed E-state index contributed by atoms with van der Waals surface area (Å²) < 4.78 is 0. The van der Waals surface area contributed by atoms with E-state index in [1.54, 1.807) is 0 Å². The minimum absolute atomic E-state index is 0.709. The molecular weight excluding hydrogens is 174 g/mol. The van der Waals surface area contributed by atoms with Crippen LogP contribution in [0.2, 0.25) is 0 Å². The molecule has 1 rings (SSSR count). The van der Waals surface area contributed by atoms with Gasteiger partial charge in [-0.2, -0.15) is 0 Å². The predicted octanol–water partition coefficient (Wildman–Crippen LogP) is 0.620. The molecule has 2 atom stereocenters. The van der Waals surface area contributed by atoms with Crippen molar-refractivity contribution < 1.29 is 0 Å². The Bertz CT molecular complexity index is 161. The zero-order valence-electron chi connectivity index (χ0n) is 10.1. The summed E-state index contributed by atoms with van der Waals surface area (Å²) in [7, 11) is 4.27. The van der Waals surface area contributed by atoms with E-state index in [0.717, 1.165) is 12.6 Å². The lowest BCUT2D eigenvalue weighted by atomic mass is 10.0. The molecule has 84 valence electrons. The van der Waals surface area contributed by atoms with Crippen LogP contribution in [0.15, 0.2) is 0 Å². The van der Waals surface area contributed by atoms with Crippen LogP contribution in [0.5, 0.6) is 0 Å². The Morgan fingerprint density at radius 1 is 1.36 bits per heavy atom. The zero-order valence-corrected chi connectivity index (χ0v) is 10.1. The summed E-state index contributed by atoms with van der Waals surface area (Å²) >= 11 is 0. The standard InChI is InChI=1S/C11H25N3/c1-5-14-10(2)8-13(4)9-11(14)6-7-12-3/h10-12H,5-9H2,1-4H3.